The lowest BCUT2D eigenvalue weighted by Gasteiger charge is -2.24. The molecule has 14 nitrogen and oxygen atoms in total. The fourth-order valence-electron chi connectivity index (χ4n) is 2.56. The van der Waals surface area contributed by atoms with Crippen LogP contribution in [0, 0.1) is 0 Å². The lowest BCUT2D eigenvalue weighted by atomic mass is 10.0. The van der Waals surface area contributed by atoms with E-state index in [4.69, 9.17) is 27.4 Å². The maximum atomic E-state index is 12.7. The summed E-state index contributed by atoms with van der Waals surface area (Å²) in [6, 6.07) is -3.56. The SMILES string of the molecule is NCCCCC(NC(=O)C(N)CCC(N)=O)C(=O)NC(CCC(=O)O)C(=O)NCC(=O)O. The number of hydrogen-bond acceptors (Lipinski definition) is 8. The van der Waals surface area contributed by atoms with E-state index in [0.717, 1.165) is 0 Å². The van der Waals surface area contributed by atoms with Crippen LogP contribution in [0.1, 0.15) is 44.9 Å². The lowest BCUT2D eigenvalue weighted by Crippen LogP contribution is -2.56. The van der Waals surface area contributed by atoms with Gasteiger partial charge >= 0.3 is 11.9 Å². The van der Waals surface area contributed by atoms with Crippen LogP contribution in [-0.4, -0.2) is 77.0 Å². The molecule has 0 rings (SSSR count). The molecular weight excluding hydrogens is 428 g/mol. The van der Waals surface area contributed by atoms with Gasteiger partial charge in [-0.1, -0.05) is 0 Å². The molecule has 32 heavy (non-hydrogen) atoms. The van der Waals surface area contributed by atoms with Gasteiger partial charge in [-0.05, 0) is 38.6 Å². The summed E-state index contributed by atoms with van der Waals surface area (Å²) in [4.78, 5) is 69.6. The molecule has 3 unspecified atom stereocenters. The number of carboxylic acid groups (broad SMARTS) is 2. The Morgan fingerprint density at radius 1 is 0.750 bits per heavy atom. The Bertz CT molecular complexity index is 686. The van der Waals surface area contributed by atoms with Crippen LogP contribution in [0.25, 0.3) is 0 Å². The van der Waals surface area contributed by atoms with Gasteiger partial charge in [-0.25, -0.2) is 0 Å². The number of carbonyl (C=O) groups excluding carboxylic acids is 4. The van der Waals surface area contributed by atoms with Crippen molar-refractivity contribution in [2.24, 2.45) is 17.2 Å². The highest BCUT2D eigenvalue weighted by Gasteiger charge is 2.28. The number of carbonyl (C=O) groups is 6. The van der Waals surface area contributed by atoms with Gasteiger partial charge in [0.05, 0.1) is 6.04 Å². The summed E-state index contributed by atoms with van der Waals surface area (Å²) < 4.78 is 0. The van der Waals surface area contributed by atoms with Crippen molar-refractivity contribution in [2.75, 3.05) is 13.1 Å². The van der Waals surface area contributed by atoms with E-state index in [1.54, 1.807) is 0 Å². The van der Waals surface area contributed by atoms with Crippen LogP contribution in [-0.2, 0) is 28.8 Å². The van der Waals surface area contributed by atoms with E-state index in [0.29, 0.717) is 19.4 Å². The number of nitrogens with one attached hydrogen (secondary N) is 3. The molecule has 0 aromatic heterocycles. The topological polar surface area (TPSA) is 257 Å². The first-order chi connectivity index (χ1) is 15.0. The van der Waals surface area contributed by atoms with Crippen LogP contribution in [0.2, 0.25) is 0 Å². The predicted octanol–water partition coefficient (Wildman–Crippen LogP) is -3.26. The molecule has 0 aromatic carbocycles. The molecule has 0 radical (unpaired) electrons. The Hall–Kier alpha value is -3.26. The van der Waals surface area contributed by atoms with Crippen LogP contribution in [0.3, 0.4) is 0 Å². The van der Waals surface area contributed by atoms with Gasteiger partial charge in [0.1, 0.15) is 18.6 Å². The second-order valence-corrected chi connectivity index (χ2v) is 7.06. The highest BCUT2D eigenvalue weighted by Crippen LogP contribution is 2.05. The zero-order valence-corrected chi connectivity index (χ0v) is 17.7. The Balaban J connectivity index is 5.28. The van der Waals surface area contributed by atoms with E-state index < -0.39 is 66.7 Å². The average Bonchev–Trinajstić information content (AvgIpc) is 2.71. The molecule has 0 aliphatic heterocycles. The average molecular weight is 460 g/mol. The van der Waals surface area contributed by atoms with Crippen molar-refractivity contribution in [3.05, 3.63) is 0 Å². The first kappa shape index (κ1) is 28.7. The van der Waals surface area contributed by atoms with Crippen molar-refractivity contribution in [1.82, 2.24) is 16.0 Å². The van der Waals surface area contributed by atoms with Crippen molar-refractivity contribution in [3.63, 3.8) is 0 Å². The maximum absolute atomic E-state index is 12.7. The van der Waals surface area contributed by atoms with Gasteiger partial charge in [-0.2, -0.15) is 0 Å². The molecule has 0 aliphatic carbocycles. The molecule has 0 saturated carbocycles. The second kappa shape index (κ2) is 15.5. The number of carboxylic acids is 2. The van der Waals surface area contributed by atoms with Crippen molar-refractivity contribution >= 4 is 35.6 Å². The normalized spacial score (nSPS) is 13.3. The molecule has 11 N–H and O–H groups in total. The van der Waals surface area contributed by atoms with Crippen molar-refractivity contribution < 1.29 is 39.0 Å². The monoisotopic (exact) mass is 460 g/mol. The van der Waals surface area contributed by atoms with Gasteiger partial charge in [-0.15, -0.1) is 0 Å². The zero-order chi connectivity index (χ0) is 24.7. The molecule has 0 fully saturated rings. The second-order valence-electron chi connectivity index (χ2n) is 7.06. The fraction of sp³-hybridized carbons (Fsp3) is 0.667. The van der Waals surface area contributed by atoms with E-state index in [2.05, 4.69) is 16.0 Å². The molecule has 0 aliphatic rings. The molecule has 0 saturated heterocycles. The van der Waals surface area contributed by atoms with Gasteiger partial charge in [0.25, 0.3) is 0 Å². The predicted molar refractivity (Wildman–Crippen MR) is 111 cm³/mol. The molecule has 0 heterocycles. The smallest absolute Gasteiger partial charge is 0.322 e. The molecule has 0 aromatic rings. The number of rotatable bonds is 17. The molecule has 182 valence electrons. The minimum Gasteiger partial charge on any atom is -0.481 e. The van der Waals surface area contributed by atoms with Crippen LogP contribution in [0.4, 0.5) is 0 Å². The number of unbranched alkanes of at least 4 members (excludes halogenated alkanes) is 1. The van der Waals surface area contributed by atoms with Crippen LogP contribution in [0.5, 0.6) is 0 Å². The molecule has 4 amide bonds. The van der Waals surface area contributed by atoms with Gasteiger partial charge in [0.2, 0.25) is 23.6 Å². The van der Waals surface area contributed by atoms with E-state index in [9.17, 15) is 28.8 Å². The quantitative estimate of drug-likeness (QED) is 0.100. The number of nitrogens with two attached hydrogens (primary N) is 3. The van der Waals surface area contributed by atoms with E-state index in [1.165, 1.54) is 0 Å². The molecule has 0 bridgehead atoms. The van der Waals surface area contributed by atoms with Crippen molar-refractivity contribution in [2.45, 2.75) is 63.1 Å². The van der Waals surface area contributed by atoms with Crippen molar-refractivity contribution in [3.8, 4) is 0 Å². The van der Waals surface area contributed by atoms with E-state index in [-0.39, 0.29) is 25.7 Å². The summed E-state index contributed by atoms with van der Waals surface area (Å²) in [6.07, 6.45) is 0.240. The number of amides is 4. The van der Waals surface area contributed by atoms with E-state index in [1.807, 2.05) is 0 Å². The maximum Gasteiger partial charge on any atom is 0.322 e. The van der Waals surface area contributed by atoms with Gasteiger partial charge in [-0.3, -0.25) is 28.8 Å². The van der Waals surface area contributed by atoms with Gasteiger partial charge < -0.3 is 43.4 Å². The number of aliphatic carboxylic acids is 2. The lowest BCUT2D eigenvalue weighted by molar-refractivity contribution is -0.140. The van der Waals surface area contributed by atoms with Crippen LogP contribution in [0.15, 0.2) is 0 Å². The summed E-state index contributed by atoms with van der Waals surface area (Å²) >= 11 is 0. The third kappa shape index (κ3) is 13.1. The summed E-state index contributed by atoms with van der Waals surface area (Å²) in [7, 11) is 0. The minimum atomic E-state index is -1.34. The Kier molecular flexibility index (Phi) is 13.9. The molecule has 14 heteroatoms. The summed E-state index contributed by atoms with van der Waals surface area (Å²) in [5.74, 6) is -5.55. The highest BCUT2D eigenvalue weighted by molar-refractivity contribution is 5.94. The van der Waals surface area contributed by atoms with Crippen LogP contribution >= 0.6 is 0 Å². The Morgan fingerprint density at radius 2 is 1.34 bits per heavy atom. The Labute approximate surface area is 184 Å². The van der Waals surface area contributed by atoms with Gasteiger partial charge in [0.15, 0.2) is 0 Å². The Morgan fingerprint density at radius 3 is 1.88 bits per heavy atom. The standard InChI is InChI=1S/C18H32N6O8/c19-8-2-1-3-11(23-16(30)10(20)4-6-13(21)25)18(32)24-12(5-7-14(26)27)17(31)22-9-15(28)29/h10-12H,1-9,19-20H2,(H2,21,25)(H,22,31)(H,23,30)(H,24,32)(H,26,27)(H,28,29). The molecule has 3 atom stereocenters. The first-order valence-corrected chi connectivity index (χ1v) is 10.0. The summed E-state index contributed by atoms with van der Waals surface area (Å²) in [5, 5.41) is 24.4. The first-order valence-electron chi connectivity index (χ1n) is 10.0. The third-order valence-corrected chi connectivity index (χ3v) is 4.31. The summed E-state index contributed by atoms with van der Waals surface area (Å²) in [6.45, 7) is -0.372. The van der Waals surface area contributed by atoms with Crippen molar-refractivity contribution in [1.29, 1.82) is 0 Å². The fourth-order valence-corrected chi connectivity index (χ4v) is 2.56. The largest absolute Gasteiger partial charge is 0.481 e. The molecule has 0 spiro atoms. The highest BCUT2D eigenvalue weighted by atomic mass is 16.4. The summed E-state index contributed by atoms with van der Waals surface area (Å²) in [5.41, 5.74) is 16.2. The zero-order valence-electron chi connectivity index (χ0n) is 17.7. The number of hydrogen-bond donors (Lipinski definition) is 8. The van der Waals surface area contributed by atoms with Crippen LogP contribution < -0.4 is 33.2 Å². The van der Waals surface area contributed by atoms with Gasteiger partial charge in [0, 0.05) is 12.8 Å². The number of primary amides is 1. The molecular formula is C18H32N6O8. The third-order valence-electron chi connectivity index (χ3n) is 4.31. The minimum absolute atomic E-state index is 0.0306. The van der Waals surface area contributed by atoms with E-state index >= 15 is 0 Å².